The lowest BCUT2D eigenvalue weighted by molar-refractivity contribution is -0.107. The third-order valence-corrected chi connectivity index (χ3v) is 2.78. The molecule has 0 aliphatic carbocycles. The second-order valence-electron chi connectivity index (χ2n) is 2.96. The van der Waals surface area contributed by atoms with Gasteiger partial charge in [-0.2, -0.15) is 0 Å². The molecular weight excluding hydrogens is 260 g/mol. The topological polar surface area (TPSA) is 43.4 Å². The number of benzene rings is 1. The molecule has 0 heterocycles. The summed E-state index contributed by atoms with van der Waals surface area (Å²) in [6, 6.07) is 5.30. The van der Waals surface area contributed by atoms with Crippen LogP contribution in [-0.4, -0.2) is 19.4 Å². The highest BCUT2D eigenvalue weighted by atomic mass is 79.9. The zero-order chi connectivity index (χ0) is 11.3. The first-order valence-corrected chi connectivity index (χ1v) is 5.29. The molecule has 0 radical (unpaired) electrons. The monoisotopic (exact) mass is 270 g/mol. The second-order valence-corrected chi connectivity index (χ2v) is 3.82. The zero-order valence-corrected chi connectivity index (χ0v) is 9.91. The van der Waals surface area contributed by atoms with E-state index in [4.69, 9.17) is 0 Å². The summed E-state index contributed by atoms with van der Waals surface area (Å²) >= 11 is 3.35. The molecule has 0 aliphatic rings. The van der Waals surface area contributed by atoms with Crippen LogP contribution in [0, 0.1) is 0 Å². The molecule has 0 fully saturated rings. The number of aldehydes is 1. The number of hydrogen-bond donors (Lipinski definition) is 0. The Morgan fingerprint density at radius 1 is 1.53 bits per heavy atom. The van der Waals surface area contributed by atoms with Crippen LogP contribution in [0.25, 0.3) is 0 Å². The van der Waals surface area contributed by atoms with Gasteiger partial charge >= 0.3 is 5.97 Å². The molecule has 1 aromatic carbocycles. The van der Waals surface area contributed by atoms with E-state index < -0.39 is 0 Å². The number of rotatable bonds is 4. The molecule has 0 spiro atoms. The molecule has 0 saturated carbocycles. The van der Waals surface area contributed by atoms with Crippen LogP contribution >= 0.6 is 15.9 Å². The van der Waals surface area contributed by atoms with E-state index in [9.17, 15) is 9.59 Å². The van der Waals surface area contributed by atoms with Crippen molar-refractivity contribution in [1.82, 2.24) is 0 Å². The second kappa shape index (κ2) is 5.66. The lowest BCUT2D eigenvalue weighted by Crippen LogP contribution is -2.06. The van der Waals surface area contributed by atoms with Crippen LogP contribution in [0.15, 0.2) is 22.7 Å². The van der Waals surface area contributed by atoms with Gasteiger partial charge in [0.15, 0.2) is 0 Å². The number of halogens is 1. The Morgan fingerprint density at radius 2 is 2.27 bits per heavy atom. The van der Waals surface area contributed by atoms with Gasteiger partial charge in [0.05, 0.1) is 12.7 Å². The summed E-state index contributed by atoms with van der Waals surface area (Å²) in [5.41, 5.74) is 1.32. The van der Waals surface area contributed by atoms with Gasteiger partial charge in [0.25, 0.3) is 0 Å². The van der Waals surface area contributed by atoms with E-state index in [1.165, 1.54) is 7.11 Å². The zero-order valence-electron chi connectivity index (χ0n) is 8.33. The fourth-order valence-corrected chi connectivity index (χ4v) is 1.88. The van der Waals surface area contributed by atoms with E-state index in [0.29, 0.717) is 18.4 Å². The Bertz CT molecular complexity index is 374. The van der Waals surface area contributed by atoms with Crippen LogP contribution in [0.4, 0.5) is 0 Å². The smallest absolute Gasteiger partial charge is 0.338 e. The first-order valence-electron chi connectivity index (χ1n) is 4.50. The number of esters is 1. The minimum absolute atomic E-state index is 0.378. The van der Waals surface area contributed by atoms with Crippen molar-refractivity contribution in [2.45, 2.75) is 12.8 Å². The van der Waals surface area contributed by atoms with Gasteiger partial charge in [0.1, 0.15) is 6.29 Å². The van der Waals surface area contributed by atoms with Gasteiger partial charge < -0.3 is 9.53 Å². The molecular formula is C11H11BrO3. The summed E-state index contributed by atoms with van der Waals surface area (Å²) in [6.45, 7) is 0. The minimum Gasteiger partial charge on any atom is -0.465 e. The predicted octanol–water partition coefficient (Wildman–Crippen LogP) is 2.37. The quantitative estimate of drug-likeness (QED) is 0.623. The predicted molar refractivity (Wildman–Crippen MR) is 59.9 cm³/mol. The molecule has 0 N–H and O–H groups in total. The van der Waals surface area contributed by atoms with Gasteiger partial charge in [-0.05, 0) is 24.1 Å². The van der Waals surface area contributed by atoms with Crippen molar-refractivity contribution in [3.63, 3.8) is 0 Å². The molecule has 0 unspecified atom stereocenters. The third kappa shape index (κ3) is 2.89. The van der Waals surface area contributed by atoms with Gasteiger partial charge in [-0.15, -0.1) is 0 Å². The largest absolute Gasteiger partial charge is 0.465 e. The minimum atomic E-state index is -0.378. The molecule has 1 rings (SSSR count). The highest BCUT2D eigenvalue weighted by Crippen LogP contribution is 2.22. The highest BCUT2D eigenvalue weighted by molar-refractivity contribution is 9.10. The Balaban J connectivity index is 3.07. The maximum atomic E-state index is 11.4. The molecule has 0 bridgehead atoms. The molecule has 0 aromatic heterocycles. The summed E-state index contributed by atoms with van der Waals surface area (Å²) in [5, 5.41) is 0. The van der Waals surface area contributed by atoms with Crippen molar-refractivity contribution in [2.75, 3.05) is 7.11 Å². The molecule has 15 heavy (non-hydrogen) atoms. The fraction of sp³-hybridized carbons (Fsp3) is 0.273. The van der Waals surface area contributed by atoms with Crippen molar-refractivity contribution < 1.29 is 14.3 Å². The van der Waals surface area contributed by atoms with Crippen LogP contribution < -0.4 is 0 Å². The average Bonchev–Trinajstić information content (AvgIpc) is 2.26. The molecule has 0 saturated heterocycles. The van der Waals surface area contributed by atoms with Gasteiger partial charge in [0, 0.05) is 10.9 Å². The van der Waals surface area contributed by atoms with Crippen LogP contribution in [0.3, 0.4) is 0 Å². The van der Waals surface area contributed by atoms with E-state index in [1.54, 1.807) is 12.1 Å². The van der Waals surface area contributed by atoms with Gasteiger partial charge in [0.2, 0.25) is 0 Å². The fourth-order valence-electron chi connectivity index (χ4n) is 1.32. The number of ether oxygens (including phenoxy) is 1. The Kier molecular flexibility index (Phi) is 4.49. The SMILES string of the molecule is COC(=O)c1cccc(Br)c1CCC=O. The summed E-state index contributed by atoms with van der Waals surface area (Å²) in [5.74, 6) is -0.378. The third-order valence-electron chi connectivity index (χ3n) is 2.04. The van der Waals surface area contributed by atoms with Crippen LogP contribution in [0.2, 0.25) is 0 Å². The summed E-state index contributed by atoms with van der Waals surface area (Å²) in [7, 11) is 1.34. The summed E-state index contributed by atoms with van der Waals surface area (Å²) in [6.07, 6.45) is 1.77. The number of hydrogen-bond acceptors (Lipinski definition) is 3. The summed E-state index contributed by atoms with van der Waals surface area (Å²) < 4.78 is 5.49. The number of methoxy groups -OCH3 is 1. The van der Waals surface area contributed by atoms with Gasteiger partial charge in [-0.25, -0.2) is 4.79 Å². The van der Waals surface area contributed by atoms with E-state index in [1.807, 2.05) is 6.07 Å². The molecule has 0 atom stereocenters. The van der Waals surface area contributed by atoms with Gasteiger partial charge in [-0.1, -0.05) is 22.0 Å². The molecule has 0 aliphatic heterocycles. The molecule has 0 amide bonds. The molecule has 3 nitrogen and oxygen atoms in total. The van der Waals surface area contributed by atoms with E-state index >= 15 is 0 Å². The van der Waals surface area contributed by atoms with Crippen molar-refractivity contribution >= 4 is 28.2 Å². The summed E-state index contributed by atoms with van der Waals surface area (Å²) in [4.78, 5) is 21.7. The molecule has 4 heteroatoms. The van der Waals surface area contributed by atoms with Crippen molar-refractivity contribution in [3.05, 3.63) is 33.8 Å². The maximum Gasteiger partial charge on any atom is 0.338 e. The van der Waals surface area contributed by atoms with Crippen LogP contribution in [0.1, 0.15) is 22.3 Å². The maximum absolute atomic E-state index is 11.4. The van der Waals surface area contributed by atoms with E-state index in [2.05, 4.69) is 20.7 Å². The lowest BCUT2D eigenvalue weighted by atomic mass is 10.0. The van der Waals surface area contributed by atoms with E-state index in [-0.39, 0.29) is 5.97 Å². The number of carbonyl (C=O) groups excluding carboxylic acids is 2. The van der Waals surface area contributed by atoms with Crippen molar-refractivity contribution in [3.8, 4) is 0 Å². The van der Waals surface area contributed by atoms with Crippen LogP contribution in [0.5, 0.6) is 0 Å². The van der Waals surface area contributed by atoms with Gasteiger partial charge in [-0.3, -0.25) is 0 Å². The van der Waals surface area contributed by atoms with E-state index in [0.717, 1.165) is 16.3 Å². The number of carbonyl (C=O) groups is 2. The first kappa shape index (κ1) is 11.9. The Morgan fingerprint density at radius 3 is 2.87 bits per heavy atom. The van der Waals surface area contributed by atoms with Crippen molar-refractivity contribution in [1.29, 1.82) is 0 Å². The van der Waals surface area contributed by atoms with Crippen LogP contribution in [-0.2, 0) is 16.0 Å². The lowest BCUT2D eigenvalue weighted by Gasteiger charge is -2.08. The standard InChI is InChI=1S/C11H11BrO3/c1-15-11(14)9-4-2-6-10(12)8(9)5-3-7-13/h2,4,6-7H,3,5H2,1H3. The average molecular weight is 271 g/mol. The highest BCUT2D eigenvalue weighted by Gasteiger charge is 2.13. The van der Waals surface area contributed by atoms with Crippen molar-refractivity contribution in [2.24, 2.45) is 0 Å². The first-order chi connectivity index (χ1) is 7.20. The molecule has 1 aromatic rings. The molecule has 80 valence electrons. The normalized spacial score (nSPS) is 9.73. The Hall–Kier alpha value is -1.16. The Labute approximate surface area is 96.6 Å².